The molecule has 0 saturated heterocycles. The largest absolute Gasteiger partial charge is 0.466 e. The van der Waals surface area contributed by atoms with Crippen LogP contribution in [0.25, 0.3) is 0 Å². The summed E-state index contributed by atoms with van der Waals surface area (Å²) in [5.41, 5.74) is 4.81. The number of amides is 1. The molecule has 2 aromatic heterocycles. The minimum Gasteiger partial charge on any atom is -0.466 e. The number of carbonyl (C=O) groups is 1. The molecule has 0 saturated carbocycles. The van der Waals surface area contributed by atoms with Gasteiger partial charge < -0.3 is 20.6 Å². The van der Waals surface area contributed by atoms with Gasteiger partial charge in [-0.25, -0.2) is 0 Å². The summed E-state index contributed by atoms with van der Waals surface area (Å²) in [6.07, 6.45) is 0. The lowest BCUT2D eigenvalue weighted by Crippen LogP contribution is -2.32. The number of furan rings is 1. The molecule has 0 aliphatic rings. The number of aromatic nitrogens is 2. The topological polar surface area (TPSA) is 114 Å². The average molecular weight is 325 g/mol. The zero-order valence-electron chi connectivity index (χ0n) is 12.5. The van der Waals surface area contributed by atoms with Crippen molar-refractivity contribution in [3.63, 3.8) is 0 Å². The Morgan fingerprint density at radius 2 is 2.14 bits per heavy atom. The Balaban J connectivity index is 2.22. The normalized spacial score (nSPS) is 13.7. The molecule has 0 spiro atoms. The summed E-state index contributed by atoms with van der Waals surface area (Å²) >= 11 is 5.70. The molecule has 1 atom stereocenters. The van der Waals surface area contributed by atoms with E-state index in [0.29, 0.717) is 17.1 Å². The SMILES string of the molecule is Cc1cc(C(C)(O)CNc2nnc(Cl)cc2C(N)=O)c(C)o1. The molecule has 2 heterocycles. The lowest BCUT2D eigenvalue weighted by atomic mass is 9.96. The van der Waals surface area contributed by atoms with Crippen LogP contribution in [0.1, 0.15) is 34.4 Å². The standard InChI is InChI=1S/C14H17ClN4O3/c1-7-4-10(8(2)22-7)14(3,21)6-17-13-9(12(16)20)5-11(15)18-19-13/h4-5,21H,6H2,1-3H3,(H2,16,20)(H,17,19). The Bertz CT molecular complexity index is 712. The summed E-state index contributed by atoms with van der Waals surface area (Å²) in [6, 6.07) is 3.08. The van der Waals surface area contributed by atoms with Gasteiger partial charge in [-0.05, 0) is 32.9 Å². The molecule has 0 aliphatic heterocycles. The van der Waals surface area contributed by atoms with Gasteiger partial charge in [-0.2, -0.15) is 0 Å². The van der Waals surface area contributed by atoms with E-state index in [0.717, 1.165) is 0 Å². The van der Waals surface area contributed by atoms with Gasteiger partial charge in [-0.3, -0.25) is 4.79 Å². The van der Waals surface area contributed by atoms with Crippen LogP contribution in [0.4, 0.5) is 5.82 Å². The van der Waals surface area contributed by atoms with Gasteiger partial charge in [0.05, 0.1) is 5.56 Å². The fourth-order valence-electron chi connectivity index (χ4n) is 2.20. The first-order valence-corrected chi connectivity index (χ1v) is 6.95. The van der Waals surface area contributed by atoms with Crippen molar-refractivity contribution < 1.29 is 14.3 Å². The summed E-state index contributed by atoms with van der Waals surface area (Å²) in [7, 11) is 0. The molecule has 1 amide bonds. The number of nitrogens with zero attached hydrogens (tertiary/aromatic N) is 2. The predicted octanol–water partition coefficient (Wildman–Crippen LogP) is 1.76. The molecule has 2 aromatic rings. The highest BCUT2D eigenvalue weighted by Crippen LogP contribution is 2.27. The smallest absolute Gasteiger partial charge is 0.252 e. The predicted molar refractivity (Wildman–Crippen MR) is 81.8 cm³/mol. The van der Waals surface area contributed by atoms with Gasteiger partial charge >= 0.3 is 0 Å². The summed E-state index contributed by atoms with van der Waals surface area (Å²) in [5, 5.41) is 21.0. The minimum absolute atomic E-state index is 0.0624. The van der Waals surface area contributed by atoms with E-state index < -0.39 is 11.5 Å². The van der Waals surface area contributed by atoms with Crippen LogP contribution in [-0.2, 0) is 5.60 Å². The van der Waals surface area contributed by atoms with Gasteiger partial charge in [0.25, 0.3) is 5.91 Å². The lowest BCUT2D eigenvalue weighted by Gasteiger charge is -2.23. The second-order valence-electron chi connectivity index (χ2n) is 5.25. The monoisotopic (exact) mass is 324 g/mol. The zero-order chi connectivity index (χ0) is 16.5. The molecule has 8 heteroatoms. The Kier molecular flexibility index (Phi) is 4.39. The van der Waals surface area contributed by atoms with E-state index in [2.05, 4.69) is 15.5 Å². The van der Waals surface area contributed by atoms with Gasteiger partial charge in [0.2, 0.25) is 0 Å². The van der Waals surface area contributed by atoms with Crippen LogP contribution < -0.4 is 11.1 Å². The number of rotatable bonds is 5. The molecule has 0 radical (unpaired) electrons. The third kappa shape index (κ3) is 3.37. The van der Waals surface area contributed by atoms with E-state index >= 15 is 0 Å². The summed E-state index contributed by atoms with van der Waals surface area (Å²) in [5.74, 6) is 0.808. The molecular formula is C14H17ClN4O3. The van der Waals surface area contributed by atoms with Crippen LogP contribution in [0.5, 0.6) is 0 Å². The van der Waals surface area contributed by atoms with E-state index in [9.17, 15) is 9.90 Å². The highest BCUT2D eigenvalue weighted by atomic mass is 35.5. The number of aliphatic hydroxyl groups is 1. The van der Waals surface area contributed by atoms with Crippen LogP contribution in [0.2, 0.25) is 5.15 Å². The number of anilines is 1. The highest BCUT2D eigenvalue weighted by Gasteiger charge is 2.28. The van der Waals surface area contributed by atoms with Crippen molar-refractivity contribution >= 4 is 23.3 Å². The van der Waals surface area contributed by atoms with Crippen LogP contribution >= 0.6 is 11.6 Å². The van der Waals surface area contributed by atoms with Gasteiger partial charge in [-0.15, -0.1) is 10.2 Å². The van der Waals surface area contributed by atoms with Gasteiger partial charge in [-0.1, -0.05) is 11.6 Å². The molecule has 118 valence electrons. The van der Waals surface area contributed by atoms with Crippen LogP contribution in [0, 0.1) is 13.8 Å². The van der Waals surface area contributed by atoms with Gasteiger partial charge in [0, 0.05) is 12.1 Å². The van der Waals surface area contributed by atoms with E-state index in [1.807, 2.05) is 0 Å². The number of primary amides is 1. The Labute approximate surface area is 132 Å². The van der Waals surface area contributed by atoms with Gasteiger partial charge in [0.1, 0.15) is 17.1 Å². The second-order valence-corrected chi connectivity index (χ2v) is 5.64. The van der Waals surface area contributed by atoms with E-state index in [4.69, 9.17) is 21.8 Å². The first kappa shape index (κ1) is 16.3. The molecule has 1 unspecified atom stereocenters. The number of halogens is 1. The zero-order valence-corrected chi connectivity index (χ0v) is 13.2. The molecule has 0 bridgehead atoms. The Morgan fingerprint density at radius 3 is 2.68 bits per heavy atom. The summed E-state index contributed by atoms with van der Waals surface area (Å²) in [4.78, 5) is 11.4. The van der Waals surface area contributed by atoms with Crippen molar-refractivity contribution in [1.82, 2.24) is 10.2 Å². The number of nitrogens with two attached hydrogens (primary N) is 1. The molecule has 0 aliphatic carbocycles. The van der Waals surface area contributed by atoms with E-state index in [-0.39, 0.29) is 23.1 Å². The number of hydrogen-bond acceptors (Lipinski definition) is 6. The van der Waals surface area contributed by atoms with Crippen molar-refractivity contribution in [1.29, 1.82) is 0 Å². The fourth-order valence-corrected chi connectivity index (χ4v) is 2.35. The molecular weight excluding hydrogens is 308 g/mol. The number of hydrogen-bond donors (Lipinski definition) is 3. The van der Waals surface area contributed by atoms with Crippen molar-refractivity contribution in [2.24, 2.45) is 5.73 Å². The number of aryl methyl sites for hydroxylation is 2. The van der Waals surface area contributed by atoms with Crippen molar-refractivity contribution in [2.45, 2.75) is 26.4 Å². The quantitative estimate of drug-likeness (QED) is 0.772. The van der Waals surface area contributed by atoms with Gasteiger partial charge in [0.15, 0.2) is 11.0 Å². The van der Waals surface area contributed by atoms with Crippen LogP contribution in [0.15, 0.2) is 16.5 Å². The maximum atomic E-state index is 11.4. The lowest BCUT2D eigenvalue weighted by molar-refractivity contribution is 0.0697. The van der Waals surface area contributed by atoms with E-state index in [1.165, 1.54) is 6.07 Å². The minimum atomic E-state index is -1.22. The Hall–Kier alpha value is -2.12. The van der Waals surface area contributed by atoms with Crippen molar-refractivity contribution in [3.05, 3.63) is 39.9 Å². The first-order valence-electron chi connectivity index (χ1n) is 6.57. The highest BCUT2D eigenvalue weighted by molar-refractivity contribution is 6.29. The third-order valence-corrected chi connectivity index (χ3v) is 3.44. The van der Waals surface area contributed by atoms with E-state index in [1.54, 1.807) is 26.8 Å². The Morgan fingerprint density at radius 1 is 1.45 bits per heavy atom. The molecule has 0 fully saturated rings. The fraction of sp³-hybridized carbons (Fsp3) is 0.357. The average Bonchev–Trinajstić information content (AvgIpc) is 2.77. The number of carbonyl (C=O) groups excluding carboxylic acids is 1. The maximum absolute atomic E-state index is 11.4. The van der Waals surface area contributed by atoms with Crippen LogP contribution in [-0.4, -0.2) is 27.8 Å². The second kappa shape index (κ2) is 5.94. The number of nitrogens with one attached hydrogen (secondary N) is 1. The summed E-state index contributed by atoms with van der Waals surface area (Å²) in [6.45, 7) is 5.29. The van der Waals surface area contributed by atoms with Crippen LogP contribution in [0.3, 0.4) is 0 Å². The molecule has 4 N–H and O–H groups in total. The summed E-state index contributed by atoms with van der Waals surface area (Å²) < 4.78 is 5.42. The van der Waals surface area contributed by atoms with Crippen molar-refractivity contribution in [3.8, 4) is 0 Å². The van der Waals surface area contributed by atoms with Crippen molar-refractivity contribution in [2.75, 3.05) is 11.9 Å². The first-order chi connectivity index (χ1) is 10.2. The maximum Gasteiger partial charge on any atom is 0.252 e. The third-order valence-electron chi connectivity index (χ3n) is 3.25. The molecule has 7 nitrogen and oxygen atoms in total. The molecule has 0 aromatic carbocycles. The molecule has 22 heavy (non-hydrogen) atoms. The molecule has 2 rings (SSSR count).